The van der Waals surface area contributed by atoms with Gasteiger partial charge in [0.1, 0.15) is 0 Å². The lowest BCUT2D eigenvalue weighted by Gasteiger charge is -2.19. The Labute approximate surface area is 136 Å². The minimum Gasteiger partial charge on any atom is -0.347 e. The van der Waals surface area contributed by atoms with Gasteiger partial charge in [-0.05, 0) is 24.1 Å². The van der Waals surface area contributed by atoms with Crippen molar-refractivity contribution in [1.82, 2.24) is 9.80 Å². The van der Waals surface area contributed by atoms with Crippen LogP contribution in [0, 0.1) is 0 Å². The standard InChI is InChI=1S/C17H23N3O3/c1-18(2)17(23)12-19(3)16(22)11-13-6-8-14(9-7-13)20-10-4-5-15(20)21/h6-9H,4-5,10-12H2,1-3H3. The Balaban J connectivity index is 1.93. The Hall–Kier alpha value is -2.37. The Morgan fingerprint density at radius 1 is 1.09 bits per heavy atom. The monoisotopic (exact) mass is 317 g/mol. The first kappa shape index (κ1) is 17.0. The molecule has 1 aromatic rings. The number of rotatable bonds is 5. The van der Waals surface area contributed by atoms with E-state index < -0.39 is 0 Å². The smallest absolute Gasteiger partial charge is 0.241 e. The first-order valence-corrected chi connectivity index (χ1v) is 7.72. The number of carbonyl (C=O) groups is 3. The van der Waals surface area contributed by atoms with Gasteiger partial charge in [0.05, 0.1) is 13.0 Å². The molecule has 6 heteroatoms. The third-order valence-electron chi connectivity index (χ3n) is 3.97. The van der Waals surface area contributed by atoms with Crippen LogP contribution in [-0.2, 0) is 20.8 Å². The van der Waals surface area contributed by atoms with Gasteiger partial charge in [-0.15, -0.1) is 0 Å². The number of benzene rings is 1. The molecule has 0 N–H and O–H groups in total. The first-order chi connectivity index (χ1) is 10.9. The lowest BCUT2D eigenvalue weighted by molar-refractivity contribution is -0.137. The highest BCUT2D eigenvalue weighted by Crippen LogP contribution is 2.21. The predicted octanol–water partition coefficient (Wildman–Crippen LogP) is 0.902. The maximum Gasteiger partial charge on any atom is 0.241 e. The van der Waals surface area contributed by atoms with E-state index in [9.17, 15) is 14.4 Å². The fraction of sp³-hybridized carbons (Fsp3) is 0.471. The van der Waals surface area contributed by atoms with E-state index in [4.69, 9.17) is 0 Å². The molecule has 0 saturated carbocycles. The molecular formula is C17H23N3O3. The number of nitrogens with zero attached hydrogens (tertiary/aromatic N) is 3. The molecule has 1 heterocycles. The maximum atomic E-state index is 12.2. The molecule has 0 spiro atoms. The number of likely N-dealkylation sites (N-methyl/N-ethyl adjacent to an activating group) is 2. The molecule has 3 amide bonds. The summed E-state index contributed by atoms with van der Waals surface area (Å²) in [6.07, 6.45) is 1.74. The van der Waals surface area contributed by atoms with Crippen molar-refractivity contribution in [2.24, 2.45) is 0 Å². The second-order valence-corrected chi connectivity index (χ2v) is 6.03. The van der Waals surface area contributed by atoms with Crippen LogP contribution in [0.4, 0.5) is 5.69 Å². The highest BCUT2D eigenvalue weighted by Gasteiger charge is 2.21. The number of hydrogen-bond acceptors (Lipinski definition) is 3. The zero-order chi connectivity index (χ0) is 17.0. The molecule has 0 radical (unpaired) electrons. The lowest BCUT2D eigenvalue weighted by Crippen LogP contribution is -2.38. The molecule has 0 atom stereocenters. The van der Waals surface area contributed by atoms with E-state index in [1.165, 1.54) is 9.80 Å². The molecule has 1 saturated heterocycles. The first-order valence-electron chi connectivity index (χ1n) is 7.72. The van der Waals surface area contributed by atoms with Gasteiger partial charge in [0.2, 0.25) is 17.7 Å². The zero-order valence-electron chi connectivity index (χ0n) is 13.9. The molecule has 0 unspecified atom stereocenters. The van der Waals surface area contributed by atoms with Gasteiger partial charge in [-0.25, -0.2) is 0 Å². The van der Waals surface area contributed by atoms with Crippen molar-refractivity contribution in [3.8, 4) is 0 Å². The normalized spacial score (nSPS) is 14.0. The van der Waals surface area contributed by atoms with E-state index >= 15 is 0 Å². The van der Waals surface area contributed by atoms with Gasteiger partial charge in [0, 0.05) is 39.8 Å². The van der Waals surface area contributed by atoms with E-state index in [1.807, 2.05) is 24.3 Å². The summed E-state index contributed by atoms with van der Waals surface area (Å²) in [4.78, 5) is 40.2. The Morgan fingerprint density at radius 2 is 1.74 bits per heavy atom. The highest BCUT2D eigenvalue weighted by molar-refractivity contribution is 5.95. The summed E-state index contributed by atoms with van der Waals surface area (Å²) < 4.78 is 0. The van der Waals surface area contributed by atoms with Gasteiger partial charge in [-0.1, -0.05) is 12.1 Å². The molecular weight excluding hydrogens is 294 g/mol. The second-order valence-electron chi connectivity index (χ2n) is 6.03. The van der Waals surface area contributed by atoms with E-state index in [1.54, 1.807) is 26.0 Å². The van der Waals surface area contributed by atoms with Crippen LogP contribution in [0.15, 0.2) is 24.3 Å². The Bertz CT molecular complexity index is 596. The molecule has 0 aromatic heterocycles. The molecule has 1 fully saturated rings. The Kier molecular flexibility index (Phi) is 5.36. The third kappa shape index (κ3) is 4.31. The Morgan fingerprint density at radius 3 is 2.26 bits per heavy atom. The van der Waals surface area contributed by atoms with Crippen LogP contribution in [-0.4, -0.2) is 61.8 Å². The van der Waals surface area contributed by atoms with Crippen LogP contribution in [0.2, 0.25) is 0 Å². The van der Waals surface area contributed by atoms with Gasteiger partial charge >= 0.3 is 0 Å². The van der Waals surface area contributed by atoms with Crippen LogP contribution in [0.5, 0.6) is 0 Å². The average Bonchev–Trinajstić information content (AvgIpc) is 2.94. The van der Waals surface area contributed by atoms with Crippen molar-refractivity contribution < 1.29 is 14.4 Å². The molecule has 0 aliphatic carbocycles. The van der Waals surface area contributed by atoms with Crippen molar-refractivity contribution in [2.75, 3.05) is 39.1 Å². The summed E-state index contributed by atoms with van der Waals surface area (Å²) >= 11 is 0. The quantitative estimate of drug-likeness (QED) is 0.811. The highest BCUT2D eigenvalue weighted by atomic mass is 16.2. The third-order valence-corrected chi connectivity index (χ3v) is 3.97. The fourth-order valence-electron chi connectivity index (χ4n) is 2.46. The van der Waals surface area contributed by atoms with Crippen LogP contribution < -0.4 is 4.90 Å². The second kappa shape index (κ2) is 7.26. The van der Waals surface area contributed by atoms with Crippen LogP contribution in [0.25, 0.3) is 0 Å². The van der Waals surface area contributed by atoms with Gasteiger partial charge in [0.25, 0.3) is 0 Å². The van der Waals surface area contributed by atoms with E-state index in [-0.39, 0.29) is 30.7 Å². The molecule has 1 aliphatic rings. The van der Waals surface area contributed by atoms with E-state index in [2.05, 4.69) is 0 Å². The average molecular weight is 317 g/mol. The van der Waals surface area contributed by atoms with Crippen LogP contribution >= 0.6 is 0 Å². The summed E-state index contributed by atoms with van der Waals surface area (Å²) in [5, 5.41) is 0. The summed E-state index contributed by atoms with van der Waals surface area (Å²) in [7, 11) is 4.96. The van der Waals surface area contributed by atoms with Gasteiger partial charge in [-0.2, -0.15) is 0 Å². The van der Waals surface area contributed by atoms with Gasteiger partial charge < -0.3 is 14.7 Å². The van der Waals surface area contributed by atoms with E-state index in [0.29, 0.717) is 6.42 Å². The molecule has 1 aliphatic heterocycles. The summed E-state index contributed by atoms with van der Waals surface area (Å²) in [6, 6.07) is 7.47. The number of carbonyl (C=O) groups excluding carboxylic acids is 3. The van der Waals surface area contributed by atoms with Crippen LogP contribution in [0.1, 0.15) is 18.4 Å². The largest absolute Gasteiger partial charge is 0.347 e. The maximum absolute atomic E-state index is 12.2. The van der Waals surface area contributed by atoms with Crippen LogP contribution in [0.3, 0.4) is 0 Å². The minimum absolute atomic E-state index is 0.0756. The van der Waals surface area contributed by atoms with Crippen molar-refractivity contribution in [3.63, 3.8) is 0 Å². The molecule has 6 nitrogen and oxygen atoms in total. The number of amides is 3. The predicted molar refractivity (Wildman–Crippen MR) is 88.1 cm³/mol. The van der Waals surface area contributed by atoms with Crippen molar-refractivity contribution in [1.29, 1.82) is 0 Å². The fourth-order valence-corrected chi connectivity index (χ4v) is 2.46. The van der Waals surface area contributed by atoms with Crippen molar-refractivity contribution in [3.05, 3.63) is 29.8 Å². The minimum atomic E-state index is -0.108. The van der Waals surface area contributed by atoms with E-state index in [0.717, 1.165) is 24.2 Å². The lowest BCUT2D eigenvalue weighted by atomic mass is 10.1. The molecule has 2 rings (SSSR count). The summed E-state index contributed by atoms with van der Waals surface area (Å²) in [5.74, 6) is -0.0651. The van der Waals surface area contributed by atoms with Gasteiger partial charge in [0.15, 0.2) is 0 Å². The summed E-state index contributed by atoms with van der Waals surface area (Å²) in [6.45, 7) is 0.832. The SMILES string of the molecule is CN(C)C(=O)CN(C)C(=O)Cc1ccc(N2CCCC2=O)cc1. The topological polar surface area (TPSA) is 60.9 Å². The molecule has 124 valence electrons. The number of hydrogen-bond donors (Lipinski definition) is 0. The van der Waals surface area contributed by atoms with Crippen molar-refractivity contribution in [2.45, 2.75) is 19.3 Å². The molecule has 23 heavy (non-hydrogen) atoms. The summed E-state index contributed by atoms with van der Waals surface area (Å²) in [5.41, 5.74) is 1.74. The molecule has 1 aromatic carbocycles. The molecule has 0 bridgehead atoms. The zero-order valence-corrected chi connectivity index (χ0v) is 13.9. The number of anilines is 1. The van der Waals surface area contributed by atoms with Crippen molar-refractivity contribution >= 4 is 23.4 Å². The van der Waals surface area contributed by atoms with Gasteiger partial charge in [-0.3, -0.25) is 14.4 Å².